The lowest BCUT2D eigenvalue weighted by molar-refractivity contribution is 0.312. The van der Waals surface area contributed by atoms with E-state index in [4.69, 9.17) is 0 Å². The van der Waals surface area contributed by atoms with Crippen LogP contribution in [0.3, 0.4) is 0 Å². The van der Waals surface area contributed by atoms with Crippen LogP contribution in [0.2, 0.25) is 0 Å². The first-order chi connectivity index (χ1) is 10.1. The first kappa shape index (κ1) is 15.9. The fourth-order valence-electron chi connectivity index (χ4n) is 3.23. The molecule has 2 rings (SSSR count). The Morgan fingerprint density at radius 2 is 2.10 bits per heavy atom. The maximum absolute atomic E-state index is 10.2. The number of allylic oxidation sites excluding steroid dienone is 1. The molecule has 0 unspecified atom stereocenters. The van der Waals surface area contributed by atoms with Gasteiger partial charge >= 0.3 is 0 Å². The predicted octanol–water partition coefficient (Wildman–Crippen LogP) is 3.81. The van der Waals surface area contributed by atoms with Crippen LogP contribution in [-0.4, -0.2) is 35.3 Å². The van der Waals surface area contributed by atoms with Crippen molar-refractivity contribution in [2.24, 2.45) is 0 Å². The molecule has 0 radical (unpaired) electrons. The number of benzene rings is 1. The van der Waals surface area contributed by atoms with Gasteiger partial charge in [0.2, 0.25) is 0 Å². The molecule has 1 aromatic rings. The fraction of sp³-hybridized carbons (Fsp3) is 0.556. The van der Waals surface area contributed by atoms with E-state index in [1.165, 1.54) is 12.0 Å². The van der Waals surface area contributed by atoms with Gasteiger partial charge in [-0.1, -0.05) is 18.2 Å². The molecule has 3 nitrogen and oxygen atoms in total. The summed E-state index contributed by atoms with van der Waals surface area (Å²) in [5.74, 6) is 0.487. The Morgan fingerprint density at radius 3 is 2.86 bits per heavy atom. The average molecular weight is 289 g/mol. The van der Waals surface area contributed by atoms with Crippen molar-refractivity contribution >= 4 is 0 Å². The van der Waals surface area contributed by atoms with E-state index in [-0.39, 0.29) is 11.5 Å². The molecule has 3 heteroatoms. The molecule has 1 aliphatic carbocycles. The molecule has 1 aromatic carbocycles. The molecule has 0 saturated carbocycles. The smallest absolute Gasteiger partial charge is 0.161 e. The van der Waals surface area contributed by atoms with Crippen LogP contribution in [-0.2, 0) is 6.42 Å². The maximum atomic E-state index is 10.2. The van der Waals surface area contributed by atoms with Crippen molar-refractivity contribution in [2.45, 2.75) is 44.9 Å². The first-order valence-corrected chi connectivity index (χ1v) is 7.97. The molecule has 0 spiro atoms. The van der Waals surface area contributed by atoms with E-state index < -0.39 is 0 Å². The van der Waals surface area contributed by atoms with Gasteiger partial charge in [-0.3, -0.25) is 0 Å². The zero-order chi connectivity index (χ0) is 15.2. The van der Waals surface area contributed by atoms with Gasteiger partial charge in [-0.2, -0.15) is 0 Å². The van der Waals surface area contributed by atoms with Crippen molar-refractivity contribution in [3.05, 3.63) is 35.4 Å². The Kier molecular flexibility index (Phi) is 5.68. The number of rotatable bonds is 6. The lowest BCUT2D eigenvalue weighted by Crippen LogP contribution is -2.23. The fourth-order valence-corrected chi connectivity index (χ4v) is 3.23. The number of phenols is 2. The van der Waals surface area contributed by atoms with Crippen molar-refractivity contribution in [1.82, 2.24) is 4.90 Å². The van der Waals surface area contributed by atoms with Crippen LogP contribution < -0.4 is 0 Å². The lowest BCUT2D eigenvalue weighted by atomic mass is 9.80. The number of fused-ring (bicyclic) bond motifs is 1. The van der Waals surface area contributed by atoms with Gasteiger partial charge in [0.15, 0.2) is 11.5 Å². The number of hydrogen-bond acceptors (Lipinski definition) is 3. The Morgan fingerprint density at radius 1 is 1.29 bits per heavy atom. The first-order valence-electron chi connectivity index (χ1n) is 7.97. The van der Waals surface area contributed by atoms with Gasteiger partial charge in [0.25, 0.3) is 0 Å². The summed E-state index contributed by atoms with van der Waals surface area (Å²) < 4.78 is 0. The van der Waals surface area contributed by atoms with Gasteiger partial charge in [-0.05, 0) is 70.2 Å². The number of nitrogens with zero attached hydrogens (tertiary/aromatic N) is 1. The average Bonchev–Trinajstić information content (AvgIpc) is 2.49. The number of hydrogen-bond donors (Lipinski definition) is 2. The maximum Gasteiger partial charge on any atom is 0.161 e. The van der Waals surface area contributed by atoms with Crippen LogP contribution in [0.4, 0.5) is 0 Å². The normalized spacial score (nSPS) is 18.3. The molecule has 0 aliphatic heterocycles. The van der Waals surface area contributed by atoms with E-state index in [1.807, 2.05) is 13.0 Å². The second kappa shape index (κ2) is 7.51. The van der Waals surface area contributed by atoms with Crippen LogP contribution in [0.25, 0.3) is 0 Å². The van der Waals surface area contributed by atoms with E-state index in [2.05, 4.69) is 24.1 Å². The van der Waals surface area contributed by atoms with Crippen molar-refractivity contribution in [3.8, 4) is 11.5 Å². The Hall–Kier alpha value is -1.48. The molecule has 2 N–H and O–H groups in total. The SMILES string of the molecule is C/C=C/CCN(C)CC[C@@H]1CCCc2ccc(O)c(O)c21. The van der Waals surface area contributed by atoms with Gasteiger partial charge in [-0.25, -0.2) is 0 Å². The third-order valence-electron chi connectivity index (χ3n) is 4.47. The molecular formula is C18H27NO2. The Bertz CT molecular complexity index is 496. The van der Waals surface area contributed by atoms with Crippen LogP contribution in [0, 0.1) is 0 Å². The number of phenolic OH excluding ortho intramolecular Hbond substituents is 2. The standard InChI is InChI=1S/C18H27NO2/c1-3-4-5-12-19(2)13-11-15-8-6-7-14-9-10-16(20)18(21)17(14)15/h3-4,9-10,15,20-21H,5-8,11-13H2,1-2H3/b4-3+/t15-/m0/s1. The minimum absolute atomic E-state index is 0.0158. The molecule has 0 aromatic heterocycles. The third kappa shape index (κ3) is 4.01. The largest absolute Gasteiger partial charge is 0.504 e. The molecule has 116 valence electrons. The zero-order valence-electron chi connectivity index (χ0n) is 13.2. The molecule has 1 atom stereocenters. The highest BCUT2D eigenvalue weighted by atomic mass is 16.3. The van der Waals surface area contributed by atoms with E-state index in [1.54, 1.807) is 6.07 Å². The molecule has 0 saturated heterocycles. The molecule has 0 amide bonds. The molecule has 1 aliphatic rings. The topological polar surface area (TPSA) is 43.7 Å². The highest BCUT2D eigenvalue weighted by Crippen LogP contribution is 2.43. The van der Waals surface area contributed by atoms with Gasteiger partial charge in [-0.15, -0.1) is 0 Å². The molecule has 21 heavy (non-hydrogen) atoms. The van der Waals surface area contributed by atoms with Crippen molar-refractivity contribution in [1.29, 1.82) is 0 Å². The third-order valence-corrected chi connectivity index (χ3v) is 4.47. The summed E-state index contributed by atoms with van der Waals surface area (Å²) in [6, 6.07) is 3.58. The van der Waals surface area contributed by atoms with Crippen molar-refractivity contribution in [2.75, 3.05) is 20.1 Å². The quantitative estimate of drug-likeness (QED) is 0.618. The second-order valence-corrected chi connectivity index (χ2v) is 6.04. The van der Waals surface area contributed by atoms with E-state index in [9.17, 15) is 10.2 Å². The van der Waals surface area contributed by atoms with Gasteiger partial charge in [0.1, 0.15) is 0 Å². The van der Waals surface area contributed by atoms with Crippen molar-refractivity contribution in [3.63, 3.8) is 0 Å². The minimum atomic E-state index is 0.0158. The summed E-state index contributed by atoms with van der Waals surface area (Å²) >= 11 is 0. The molecule has 0 fully saturated rings. The monoisotopic (exact) mass is 289 g/mol. The summed E-state index contributed by atoms with van der Waals surface area (Å²) in [7, 11) is 2.15. The molecule has 0 bridgehead atoms. The van der Waals surface area contributed by atoms with Crippen LogP contribution >= 0.6 is 0 Å². The van der Waals surface area contributed by atoms with Crippen molar-refractivity contribution < 1.29 is 10.2 Å². The van der Waals surface area contributed by atoms with E-state index >= 15 is 0 Å². The van der Waals surface area contributed by atoms with E-state index in [0.29, 0.717) is 5.92 Å². The lowest BCUT2D eigenvalue weighted by Gasteiger charge is -2.28. The van der Waals surface area contributed by atoms with Gasteiger partial charge < -0.3 is 15.1 Å². The molecular weight excluding hydrogens is 262 g/mol. The second-order valence-electron chi connectivity index (χ2n) is 6.04. The summed E-state index contributed by atoms with van der Waals surface area (Å²) in [4.78, 5) is 2.34. The zero-order valence-corrected chi connectivity index (χ0v) is 13.2. The highest BCUT2D eigenvalue weighted by molar-refractivity contribution is 5.51. The summed E-state index contributed by atoms with van der Waals surface area (Å²) in [5, 5.41) is 19.9. The van der Waals surface area contributed by atoms with E-state index in [0.717, 1.165) is 44.3 Å². The number of aryl methyl sites for hydroxylation is 1. The molecule has 0 heterocycles. The van der Waals surface area contributed by atoms with Crippen LogP contribution in [0.15, 0.2) is 24.3 Å². The summed E-state index contributed by atoms with van der Waals surface area (Å²) in [5.41, 5.74) is 2.20. The summed E-state index contributed by atoms with van der Waals surface area (Å²) in [6.07, 6.45) is 9.69. The highest BCUT2D eigenvalue weighted by Gasteiger charge is 2.25. The minimum Gasteiger partial charge on any atom is -0.504 e. The Labute approximate surface area is 127 Å². The number of aromatic hydroxyl groups is 2. The van der Waals surface area contributed by atoms with Crippen LogP contribution in [0.5, 0.6) is 11.5 Å². The van der Waals surface area contributed by atoms with Gasteiger partial charge in [0.05, 0.1) is 0 Å². The predicted molar refractivity (Wildman–Crippen MR) is 87.0 cm³/mol. The summed E-state index contributed by atoms with van der Waals surface area (Å²) in [6.45, 7) is 4.14. The van der Waals surface area contributed by atoms with Gasteiger partial charge in [0, 0.05) is 12.1 Å². The van der Waals surface area contributed by atoms with Crippen LogP contribution in [0.1, 0.15) is 49.7 Å². The Balaban J connectivity index is 1.98.